The maximum Gasteiger partial charge on any atom is 0.255 e. The molecule has 2 heterocycles. The molecule has 0 aliphatic carbocycles. The number of carbonyl (C=O) groups excluding carboxylic acids is 1. The molecule has 4 aromatic rings. The van der Waals surface area contributed by atoms with Gasteiger partial charge in [0.15, 0.2) is 0 Å². The second-order valence-electron chi connectivity index (χ2n) is 8.56. The van der Waals surface area contributed by atoms with E-state index < -0.39 is 6.04 Å². The van der Waals surface area contributed by atoms with Crippen molar-refractivity contribution in [2.24, 2.45) is 0 Å². The van der Waals surface area contributed by atoms with Crippen LogP contribution in [0.25, 0.3) is 0 Å². The predicted octanol–water partition coefficient (Wildman–Crippen LogP) is 5.10. The van der Waals surface area contributed by atoms with Crippen LogP contribution in [-0.2, 0) is 11.4 Å². The number of benzene rings is 3. The molecular weight excluding hydrogens is 454 g/mol. The first kappa shape index (κ1) is 23.2. The fourth-order valence-electron chi connectivity index (χ4n) is 4.29. The fraction of sp³-hybridized carbons (Fsp3) is 0.179. The van der Waals surface area contributed by atoms with Crippen molar-refractivity contribution in [1.29, 1.82) is 0 Å². The summed E-state index contributed by atoms with van der Waals surface area (Å²) in [7, 11) is 1.57. The lowest BCUT2D eigenvalue weighted by Crippen LogP contribution is -2.31. The Morgan fingerprint density at radius 3 is 2.50 bits per heavy atom. The number of hydrogen-bond donors (Lipinski definition) is 2. The van der Waals surface area contributed by atoms with Crippen LogP contribution >= 0.6 is 0 Å². The van der Waals surface area contributed by atoms with Crippen molar-refractivity contribution in [3.8, 4) is 11.5 Å². The number of para-hydroxylation sites is 3. The zero-order chi connectivity index (χ0) is 25.1. The summed E-state index contributed by atoms with van der Waals surface area (Å²) < 4.78 is 13.4. The lowest BCUT2D eigenvalue weighted by molar-refractivity contribution is -0.113. The van der Waals surface area contributed by atoms with Gasteiger partial charge in [-0.2, -0.15) is 10.1 Å². The third-order valence-corrected chi connectivity index (χ3v) is 6.12. The zero-order valence-corrected chi connectivity index (χ0v) is 20.4. The highest BCUT2D eigenvalue weighted by molar-refractivity contribution is 6.06. The number of amides is 1. The van der Waals surface area contributed by atoms with Crippen LogP contribution in [0.2, 0.25) is 0 Å². The number of hydrogen-bond acceptors (Lipinski definition) is 6. The molecule has 0 radical (unpaired) electrons. The minimum atomic E-state index is -0.548. The summed E-state index contributed by atoms with van der Waals surface area (Å²) in [5.41, 5.74) is 4.83. The third kappa shape index (κ3) is 4.53. The van der Waals surface area contributed by atoms with Gasteiger partial charge in [-0.15, -0.1) is 0 Å². The number of aromatic nitrogens is 3. The Kier molecular flexibility index (Phi) is 6.40. The number of anilines is 2. The summed E-state index contributed by atoms with van der Waals surface area (Å²) >= 11 is 0. The van der Waals surface area contributed by atoms with E-state index in [9.17, 15) is 4.79 Å². The highest BCUT2D eigenvalue weighted by Crippen LogP contribution is 2.39. The maximum atomic E-state index is 13.7. The topological polar surface area (TPSA) is 90.3 Å². The molecule has 3 aromatic carbocycles. The van der Waals surface area contributed by atoms with Gasteiger partial charge in [0, 0.05) is 11.3 Å². The average molecular weight is 482 g/mol. The van der Waals surface area contributed by atoms with Gasteiger partial charge in [-0.3, -0.25) is 4.79 Å². The Labute approximate surface area is 209 Å². The van der Waals surface area contributed by atoms with Crippen molar-refractivity contribution in [2.45, 2.75) is 26.5 Å². The van der Waals surface area contributed by atoms with E-state index in [2.05, 4.69) is 39.8 Å². The standard InChI is InChI=1S/C28H27N5O3/c1-18-12-14-20(15-13-18)16-36-23-10-6-4-8-21(23)26-25(19(2)31-28-29-17-30-33(26)28)27(34)32-22-9-5-7-11-24(22)35-3/h4-15,17,26H,16H2,1-3H3,(H,32,34)(H,29,30,31)/t26-/m1/s1. The minimum Gasteiger partial charge on any atom is -0.495 e. The fourth-order valence-corrected chi connectivity index (χ4v) is 4.29. The van der Waals surface area contributed by atoms with Gasteiger partial charge in [-0.05, 0) is 37.6 Å². The number of ether oxygens (including phenoxy) is 2. The summed E-state index contributed by atoms with van der Waals surface area (Å²) in [6.07, 6.45) is 1.47. The van der Waals surface area contributed by atoms with E-state index >= 15 is 0 Å². The molecule has 36 heavy (non-hydrogen) atoms. The summed E-state index contributed by atoms with van der Waals surface area (Å²) in [5.74, 6) is 1.53. The lowest BCUT2D eigenvalue weighted by Gasteiger charge is -2.30. The van der Waals surface area contributed by atoms with Crippen molar-refractivity contribution in [3.05, 3.63) is 107 Å². The highest BCUT2D eigenvalue weighted by atomic mass is 16.5. The predicted molar refractivity (Wildman–Crippen MR) is 138 cm³/mol. The van der Waals surface area contributed by atoms with E-state index in [0.29, 0.717) is 41.0 Å². The van der Waals surface area contributed by atoms with Gasteiger partial charge in [0.25, 0.3) is 5.91 Å². The Balaban J connectivity index is 1.52. The van der Waals surface area contributed by atoms with Gasteiger partial charge in [-0.1, -0.05) is 60.2 Å². The number of methoxy groups -OCH3 is 1. The summed E-state index contributed by atoms with van der Waals surface area (Å²) in [4.78, 5) is 18.1. The first-order chi connectivity index (χ1) is 17.5. The van der Waals surface area contributed by atoms with Crippen LogP contribution in [0.5, 0.6) is 11.5 Å². The normalized spacial score (nSPS) is 14.6. The number of nitrogens with one attached hydrogen (secondary N) is 2. The number of carbonyl (C=O) groups is 1. The molecule has 0 saturated heterocycles. The minimum absolute atomic E-state index is 0.274. The van der Waals surface area contributed by atoms with Crippen molar-refractivity contribution in [3.63, 3.8) is 0 Å². The molecule has 1 amide bonds. The SMILES string of the molecule is COc1ccccc1NC(=O)C1=C(C)Nc2ncnn2[C@@H]1c1ccccc1OCc1ccc(C)cc1. The Morgan fingerprint density at radius 1 is 1.00 bits per heavy atom. The third-order valence-electron chi connectivity index (χ3n) is 6.12. The molecule has 182 valence electrons. The molecule has 1 atom stereocenters. The number of allylic oxidation sites excluding steroid dienone is 1. The molecular formula is C28H27N5O3. The maximum absolute atomic E-state index is 13.7. The zero-order valence-electron chi connectivity index (χ0n) is 20.4. The molecule has 0 fully saturated rings. The van der Waals surface area contributed by atoms with Crippen LogP contribution in [0.3, 0.4) is 0 Å². The number of fused-ring (bicyclic) bond motifs is 1. The van der Waals surface area contributed by atoms with Gasteiger partial charge in [0.1, 0.15) is 30.5 Å². The van der Waals surface area contributed by atoms with Crippen molar-refractivity contribution < 1.29 is 14.3 Å². The van der Waals surface area contributed by atoms with Crippen LogP contribution in [0, 0.1) is 6.92 Å². The van der Waals surface area contributed by atoms with E-state index in [1.54, 1.807) is 23.9 Å². The van der Waals surface area contributed by atoms with Crippen LogP contribution in [0.1, 0.15) is 29.7 Å². The van der Waals surface area contributed by atoms with E-state index in [4.69, 9.17) is 9.47 Å². The van der Waals surface area contributed by atoms with Crippen LogP contribution < -0.4 is 20.1 Å². The molecule has 8 heteroatoms. The van der Waals surface area contributed by atoms with E-state index in [-0.39, 0.29) is 5.91 Å². The van der Waals surface area contributed by atoms with Crippen LogP contribution in [-0.4, -0.2) is 27.8 Å². The van der Waals surface area contributed by atoms with Crippen molar-refractivity contribution in [2.75, 3.05) is 17.7 Å². The van der Waals surface area contributed by atoms with Gasteiger partial charge in [0.2, 0.25) is 5.95 Å². The van der Waals surface area contributed by atoms with Gasteiger partial charge < -0.3 is 20.1 Å². The number of aryl methyl sites for hydroxylation is 1. The van der Waals surface area contributed by atoms with Gasteiger partial charge in [0.05, 0.1) is 18.4 Å². The van der Waals surface area contributed by atoms with E-state index in [0.717, 1.165) is 11.1 Å². The lowest BCUT2D eigenvalue weighted by atomic mass is 9.94. The first-order valence-electron chi connectivity index (χ1n) is 11.6. The summed E-state index contributed by atoms with van der Waals surface area (Å²) in [6, 6.07) is 22.7. The molecule has 0 saturated carbocycles. The smallest absolute Gasteiger partial charge is 0.255 e. The number of rotatable bonds is 7. The molecule has 0 bridgehead atoms. The molecule has 5 rings (SSSR count). The first-order valence-corrected chi connectivity index (χ1v) is 11.6. The molecule has 2 N–H and O–H groups in total. The Bertz CT molecular complexity index is 1430. The largest absolute Gasteiger partial charge is 0.495 e. The Morgan fingerprint density at radius 2 is 1.72 bits per heavy atom. The molecule has 1 aliphatic heterocycles. The molecule has 1 aromatic heterocycles. The summed E-state index contributed by atoms with van der Waals surface area (Å²) in [5, 5.41) is 10.6. The second-order valence-corrected chi connectivity index (χ2v) is 8.56. The van der Waals surface area contributed by atoms with Gasteiger partial charge >= 0.3 is 0 Å². The van der Waals surface area contributed by atoms with Crippen LogP contribution in [0.4, 0.5) is 11.6 Å². The Hall–Kier alpha value is -4.59. The molecule has 0 spiro atoms. The molecule has 0 unspecified atom stereocenters. The summed E-state index contributed by atoms with van der Waals surface area (Å²) in [6.45, 7) is 4.31. The van der Waals surface area contributed by atoms with Gasteiger partial charge in [-0.25, -0.2) is 4.68 Å². The molecule has 1 aliphatic rings. The van der Waals surface area contributed by atoms with Crippen molar-refractivity contribution >= 4 is 17.5 Å². The monoisotopic (exact) mass is 481 g/mol. The highest BCUT2D eigenvalue weighted by Gasteiger charge is 2.35. The quantitative estimate of drug-likeness (QED) is 0.382. The second kappa shape index (κ2) is 9.95. The average Bonchev–Trinajstić information content (AvgIpc) is 3.36. The van der Waals surface area contributed by atoms with E-state index in [1.807, 2.05) is 55.5 Å². The molecule has 8 nitrogen and oxygen atoms in total. The van der Waals surface area contributed by atoms with E-state index in [1.165, 1.54) is 11.9 Å². The van der Waals surface area contributed by atoms with Crippen molar-refractivity contribution in [1.82, 2.24) is 14.8 Å². The van der Waals surface area contributed by atoms with Crippen LogP contribution in [0.15, 0.2) is 90.4 Å². The number of nitrogens with zero attached hydrogens (tertiary/aromatic N) is 3.